The van der Waals surface area contributed by atoms with Gasteiger partial charge < -0.3 is 18.7 Å². The van der Waals surface area contributed by atoms with Crippen molar-refractivity contribution in [3.8, 4) is 0 Å². The minimum absolute atomic E-state index is 0. The second-order valence-electron chi connectivity index (χ2n) is 3.30. The molecule has 0 saturated carbocycles. The minimum Gasteiger partial charge on any atom is -0.367 e. The number of hydrogen-bond acceptors (Lipinski definition) is 1. The molecule has 0 amide bonds. The number of rotatable bonds is 0. The van der Waals surface area contributed by atoms with Crippen molar-refractivity contribution in [1.29, 1.82) is 0 Å². The summed E-state index contributed by atoms with van der Waals surface area (Å²) >= 11 is 0. The van der Waals surface area contributed by atoms with E-state index in [1.54, 1.807) is 0 Å². The predicted octanol–water partition coefficient (Wildman–Crippen LogP) is 1.36. The maximum atomic E-state index is 4.03. The van der Waals surface area contributed by atoms with Crippen LogP contribution in [0.5, 0.6) is 0 Å². The number of nitrogens with zero attached hydrogens (tertiary/aromatic N) is 1. The first-order chi connectivity index (χ1) is 4.10. The average molecular weight is 309 g/mol. The van der Waals surface area contributed by atoms with Crippen molar-refractivity contribution in [3.63, 3.8) is 0 Å². The van der Waals surface area contributed by atoms with Gasteiger partial charge in [0.05, 0.1) is 0 Å². The molecule has 0 aromatic carbocycles. The second-order valence-corrected chi connectivity index (χ2v) is 3.30. The third kappa shape index (κ3) is 3.16. The molecule has 2 heteroatoms. The van der Waals surface area contributed by atoms with E-state index in [1.165, 1.54) is 0 Å². The van der Waals surface area contributed by atoms with Gasteiger partial charge in [-0.15, -0.1) is 0 Å². The van der Waals surface area contributed by atoms with Crippen LogP contribution in [0.15, 0.2) is 0 Å². The van der Waals surface area contributed by atoms with Gasteiger partial charge in [0.1, 0.15) is 0 Å². The number of likely N-dealkylation sites (tertiary alicyclic amines) is 1. The molecule has 0 spiro atoms. The maximum absolute atomic E-state index is 4.03. The summed E-state index contributed by atoms with van der Waals surface area (Å²) in [4.78, 5) is 2.33. The summed E-state index contributed by atoms with van der Waals surface area (Å²) in [6.07, 6.45) is 2.28. The first kappa shape index (κ1) is 10.6. The summed E-state index contributed by atoms with van der Waals surface area (Å²) in [5.74, 6) is 0. The molecule has 1 fully saturated rings. The molecule has 0 N–H and O–H groups in total. The van der Waals surface area contributed by atoms with Gasteiger partial charge in [-0.25, -0.2) is 0 Å². The van der Waals surface area contributed by atoms with Crippen LogP contribution < -0.4 is 0 Å². The second kappa shape index (κ2) is 3.87. The van der Waals surface area contributed by atoms with Gasteiger partial charge in [0.25, 0.3) is 0 Å². The molecule has 0 bridgehead atoms. The SMILES string of the molecule is [CH2-]C1([CH2-])CCN(C)CC1.[W+2]. The molecule has 1 heterocycles. The summed E-state index contributed by atoms with van der Waals surface area (Å²) in [6, 6.07) is 0. The maximum Gasteiger partial charge on any atom is 2.00 e. The molecule has 0 unspecified atom stereocenters. The minimum atomic E-state index is 0. The fourth-order valence-electron chi connectivity index (χ4n) is 1.09. The predicted molar refractivity (Wildman–Crippen MR) is 39.9 cm³/mol. The van der Waals surface area contributed by atoms with Crippen LogP contribution in [-0.2, 0) is 21.1 Å². The van der Waals surface area contributed by atoms with Crippen LogP contribution in [0.25, 0.3) is 0 Å². The molecular weight excluding hydrogens is 294 g/mol. The Morgan fingerprint density at radius 2 is 1.60 bits per heavy atom. The first-order valence-electron chi connectivity index (χ1n) is 3.49. The molecule has 58 valence electrons. The Kier molecular flexibility index (Phi) is 4.13. The van der Waals surface area contributed by atoms with Gasteiger partial charge >= 0.3 is 21.1 Å². The van der Waals surface area contributed by atoms with E-state index in [4.69, 9.17) is 0 Å². The van der Waals surface area contributed by atoms with Gasteiger partial charge in [0, 0.05) is 0 Å². The van der Waals surface area contributed by atoms with Crippen molar-refractivity contribution < 1.29 is 21.1 Å². The average Bonchev–Trinajstić information content (AvgIpc) is 1.78. The van der Waals surface area contributed by atoms with Crippen LogP contribution >= 0.6 is 0 Å². The molecule has 1 nitrogen and oxygen atoms in total. The molecule has 1 aliphatic rings. The van der Waals surface area contributed by atoms with E-state index < -0.39 is 0 Å². The summed E-state index contributed by atoms with van der Waals surface area (Å²) in [6.45, 7) is 10.4. The molecule has 0 atom stereocenters. The van der Waals surface area contributed by atoms with E-state index in [2.05, 4.69) is 25.8 Å². The van der Waals surface area contributed by atoms with Gasteiger partial charge in [-0.1, -0.05) is 12.8 Å². The van der Waals surface area contributed by atoms with Crippen molar-refractivity contribution in [2.75, 3.05) is 20.1 Å². The van der Waals surface area contributed by atoms with Crippen LogP contribution in [0, 0.1) is 19.3 Å². The normalized spacial score (nSPS) is 25.5. The molecule has 1 aliphatic heterocycles. The number of piperidine rings is 1. The van der Waals surface area contributed by atoms with Gasteiger partial charge in [0.15, 0.2) is 0 Å². The van der Waals surface area contributed by atoms with Crippen molar-refractivity contribution in [3.05, 3.63) is 13.8 Å². The van der Waals surface area contributed by atoms with E-state index in [9.17, 15) is 0 Å². The summed E-state index contributed by atoms with van der Waals surface area (Å²) in [5, 5.41) is 0. The fourth-order valence-corrected chi connectivity index (χ4v) is 1.09. The van der Waals surface area contributed by atoms with Gasteiger partial charge in [-0.3, -0.25) is 5.41 Å². The van der Waals surface area contributed by atoms with E-state index in [0.29, 0.717) is 0 Å². The van der Waals surface area contributed by atoms with Gasteiger partial charge in [-0.05, 0) is 20.1 Å². The Bertz CT molecular complexity index is 91.4. The third-order valence-corrected chi connectivity index (χ3v) is 2.05. The Balaban J connectivity index is 0.000000810. The molecule has 10 heavy (non-hydrogen) atoms. The van der Waals surface area contributed by atoms with Crippen molar-refractivity contribution in [1.82, 2.24) is 4.90 Å². The Morgan fingerprint density at radius 3 is 1.90 bits per heavy atom. The van der Waals surface area contributed by atoms with Crippen molar-refractivity contribution in [2.24, 2.45) is 5.41 Å². The van der Waals surface area contributed by atoms with Gasteiger partial charge in [0.2, 0.25) is 0 Å². The molecule has 1 saturated heterocycles. The van der Waals surface area contributed by atoms with Crippen molar-refractivity contribution >= 4 is 0 Å². The van der Waals surface area contributed by atoms with E-state index in [1.807, 2.05) is 0 Å². The molecule has 0 aromatic rings. The fraction of sp³-hybridized carbons (Fsp3) is 0.750. The van der Waals surface area contributed by atoms with E-state index in [-0.39, 0.29) is 26.5 Å². The quantitative estimate of drug-likeness (QED) is 0.611. The smallest absolute Gasteiger partial charge is 0.367 e. The van der Waals surface area contributed by atoms with Crippen LogP contribution in [0.4, 0.5) is 0 Å². The monoisotopic (exact) mass is 309 g/mol. The van der Waals surface area contributed by atoms with Crippen LogP contribution in [0.2, 0.25) is 0 Å². The van der Waals surface area contributed by atoms with E-state index in [0.717, 1.165) is 25.9 Å². The van der Waals surface area contributed by atoms with Crippen molar-refractivity contribution in [2.45, 2.75) is 12.8 Å². The summed E-state index contributed by atoms with van der Waals surface area (Å²) in [7, 11) is 2.15. The summed E-state index contributed by atoms with van der Waals surface area (Å²) < 4.78 is 0. The standard InChI is InChI=1S/C8H15N.W/c1-8(2)4-6-9(3)7-5-8;/h1-2,4-7H2,3H3;/q-2;+2. The first-order valence-corrected chi connectivity index (χ1v) is 3.49. The molecule has 0 radical (unpaired) electrons. The van der Waals surface area contributed by atoms with E-state index >= 15 is 0 Å². The summed E-state index contributed by atoms with van der Waals surface area (Å²) in [5.41, 5.74) is 0.118. The molecular formula is C8H15NW. The largest absolute Gasteiger partial charge is 2.00 e. The molecule has 0 aromatic heterocycles. The Hall–Kier alpha value is 0.648. The zero-order valence-electron chi connectivity index (χ0n) is 6.60. The third-order valence-electron chi connectivity index (χ3n) is 2.05. The number of hydrogen-bond donors (Lipinski definition) is 0. The zero-order valence-corrected chi connectivity index (χ0v) is 9.53. The molecule has 1 rings (SSSR count). The zero-order chi connectivity index (χ0) is 6.91. The topological polar surface area (TPSA) is 3.24 Å². The Morgan fingerprint density at radius 1 is 1.20 bits per heavy atom. The van der Waals surface area contributed by atoms with Crippen LogP contribution in [0.1, 0.15) is 12.8 Å². The molecule has 0 aliphatic carbocycles. The van der Waals surface area contributed by atoms with Gasteiger partial charge in [-0.2, -0.15) is 0 Å². The van der Waals surface area contributed by atoms with Crippen LogP contribution in [-0.4, -0.2) is 25.0 Å². The Labute approximate surface area is 78.4 Å². The van der Waals surface area contributed by atoms with Crippen LogP contribution in [0.3, 0.4) is 0 Å².